The van der Waals surface area contributed by atoms with Crippen LogP contribution in [0.4, 0.5) is 4.39 Å². The number of aryl methyl sites for hydroxylation is 1. The van der Waals surface area contributed by atoms with Crippen LogP contribution in [-0.2, 0) is 7.05 Å². The molecule has 6 aromatic rings. The molecule has 0 saturated heterocycles. The van der Waals surface area contributed by atoms with Crippen molar-refractivity contribution in [2.24, 2.45) is 7.05 Å². The summed E-state index contributed by atoms with van der Waals surface area (Å²) in [6, 6.07) is 18.6. The number of pyridine rings is 1. The molecule has 4 heterocycles. The van der Waals surface area contributed by atoms with Gasteiger partial charge in [-0.1, -0.05) is 24.3 Å². The molecule has 0 aliphatic heterocycles. The molecule has 0 bridgehead atoms. The van der Waals surface area contributed by atoms with Crippen molar-refractivity contribution in [1.29, 1.82) is 0 Å². The van der Waals surface area contributed by atoms with Gasteiger partial charge in [0.05, 0.1) is 28.8 Å². The SMILES string of the molecule is Cc1ncc(-c2ccc3[nH]nc(-c4cc5c(-c6ccc(F)cc6)cccc5[nH]4)c3n2)n1C. The Balaban J connectivity index is 1.51. The van der Waals surface area contributed by atoms with Crippen molar-refractivity contribution in [1.82, 2.24) is 29.7 Å². The van der Waals surface area contributed by atoms with E-state index in [9.17, 15) is 4.39 Å². The molecule has 4 aromatic heterocycles. The van der Waals surface area contributed by atoms with E-state index in [1.165, 1.54) is 12.1 Å². The Morgan fingerprint density at radius 3 is 2.59 bits per heavy atom. The number of benzene rings is 2. The number of hydrogen-bond donors (Lipinski definition) is 2. The molecule has 156 valence electrons. The second-order valence-electron chi connectivity index (χ2n) is 7.87. The van der Waals surface area contributed by atoms with Crippen LogP contribution >= 0.6 is 0 Å². The molecule has 6 rings (SSSR count). The number of nitrogens with zero attached hydrogens (tertiary/aromatic N) is 4. The third-order valence-electron chi connectivity index (χ3n) is 5.97. The first kappa shape index (κ1) is 18.5. The van der Waals surface area contributed by atoms with Crippen molar-refractivity contribution in [3.63, 3.8) is 0 Å². The molecule has 0 saturated carbocycles. The van der Waals surface area contributed by atoms with Gasteiger partial charge in [-0.3, -0.25) is 5.10 Å². The minimum Gasteiger partial charge on any atom is -0.353 e. The fourth-order valence-corrected chi connectivity index (χ4v) is 4.13. The number of halogens is 1. The van der Waals surface area contributed by atoms with E-state index in [1.54, 1.807) is 12.1 Å². The predicted octanol–water partition coefficient (Wildman–Crippen LogP) is 5.62. The largest absolute Gasteiger partial charge is 0.353 e. The van der Waals surface area contributed by atoms with E-state index in [2.05, 4.69) is 26.2 Å². The zero-order valence-electron chi connectivity index (χ0n) is 17.5. The normalized spacial score (nSPS) is 11.6. The average Bonchev–Trinajstić information content (AvgIpc) is 3.50. The summed E-state index contributed by atoms with van der Waals surface area (Å²) < 4.78 is 15.4. The molecule has 0 aliphatic rings. The van der Waals surface area contributed by atoms with Gasteiger partial charge in [-0.15, -0.1) is 0 Å². The van der Waals surface area contributed by atoms with E-state index in [1.807, 2.05) is 55.1 Å². The number of hydrogen-bond acceptors (Lipinski definition) is 3. The zero-order valence-corrected chi connectivity index (χ0v) is 17.5. The third-order valence-corrected chi connectivity index (χ3v) is 5.97. The molecule has 6 nitrogen and oxygen atoms in total. The second-order valence-corrected chi connectivity index (χ2v) is 7.87. The maximum absolute atomic E-state index is 13.4. The van der Waals surface area contributed by atoms with E-state index in [4.69, 9.17) is 4.98 Å². The maximum Gasteiger partial charge on any atom is 0.135 e. The molecule has 0 fully saturated rings. The Kier molecular flexibility index (Phi) is 3.98. The number of rotatable bonds is 3. The Morgan fingerprint density at radius 2 is 1.81 bits per heavy atom. The van der Waals surface area contributed by atoms with Gasteiger partial charge < -0.3 is 9.55 Å². The summed E-state index contributed by atoms with van der Waals surface area (Å²) in [5.41, 5.74) is 8.03. The molecule has 0 unspecified atom stereocenters. The third kappa shape index (κ3) is 2.82. The molecule has 7 heteroatoms. The average molecular weight is 422 g/mol. The smallest absolute Gasteiger partial charge is 0.135 e. The van der Waals surface area contributed by atoms with Crippen molar-refractivity contribution in [2.45, 2.75) is 6.92 Å². The topological polar surface area (TPSA) is 75.2 Å². The lowest BCUT2D eigenvalue weighted by Gasteiger charge is -2.03. The number of aromatic nitrogens is 6. The van der Waals surface area contributed by atoms with Gasteiger partial charge in [0, 0.05) is 18.0 Å². The Morgan fingerprint density at radius 1 is 0.969 bits per heavy atom. The van der Waals surface area contributed by atoms with Crippen LogP contribution in [0.25, 0.3) is 55.8 Å². The summed E-state index contributed by atoms with van der Waals surface area (Å²) >= 11 is 0. The van der Waals surface area contributed by atoms with Crippen LogP contribution in [0.1, 0.15) is 5.82 Å². The van der Waals surface area contributed by atoms with Gasteiger partial charge in [0.2, 0.25) is 0 Å². The van der Waals surface area contributed by atoms with Crippen LogP contribution in [0.15, 0.2) is 66.9 Å². The lowest BCUT2D eigenvalue weighted by Crippen LogP contribution is -1.96. The molecule has 0 amide bonds. The molecule has 2 aromatic carbocycles. The molecule has 2 N–H and O–H groups in total. The summed E-state index contributed by atoms with van der Waals surface area (Å²) in [5.74, 6) is 0.683. The van der Waals surface area contributed by atoms with Crippen molar-refractivity contribution in [3.8, 4) is 33.9 Å². The molecule has 0 spiro atoms. The van der Waals surface area contributed by atoms with Crippen LogP contribution in [0.3, 0.4) is 0 Å². The zero-order chi connectivity index (χ0) is 21.8. The van der Waals surface area contributed by atoms with Crippen molar-refractivity contribution in [3.05, 3.63) is 78.5 Å². The minimum absolute atomic E-state index is 0.246. The number of nitrogens with one attached hydrogen (secondary N) is 2. The molecule has 0 aliphatic carbocycles. The van der Waals surface area contributed by atoms with Crippen LogP contribution in [-0.4, -0.2) is 29.7 Å². The maximum atomic E-state index is 13.4. The number of imidazole rings is 1. The van der Waals surface area contributed by atoms with Gasteiger partial charge in [-0.05, 0) is 54.4 Å². The molecule has 32 heavy (non-hydrogen) atoms. The lowest BCUT2D eigenvalue weighted by atomic mass is 10.0. The highest BCUT2D eigenvalue weighted by Crippen LogP contribution is 2.34. The van der Waals surface area contributed by atoms with Crippen molar-refractivity contribution >= 4 is 21.9 Å². The summed E-state index contributed by atoms with van der Waals surface area (Å²) in [5, 5.41) is 8.68. The van der Waals surface area contributed by atoms with Gasteiger partial charge in [-0.2, -0.15) is 5.10 Å². The molecule has 0 atom stereocenters. The second kappa shape index (κ2) is 6.88. The summed E-state index contributed by atoms with van der Waals surface area (Å²) in [4.78, 5) is 12.8. The standard InChI is InChI=1S/C25H19FN6/c1-14-27-13-23(32(14)2)20-10-11-21-24(29-20)25(31-30-21)22-12-18-17(4-3-5-19(18)28-22)15-6-8-16(26)9-7-15/h3-13,28H,1-2H3,(H,30,31). The van der Waals surface area contributed by atoms with Gasteiger partial charge in [0.1, 0.15) is 22.9 Å². The van der Waals surface area contributed by atoms with Gasteiger partial charge in [0.15, 0.2) is 0 Å². The Bertz CT molecular complexity index is 1600. The first-order chi connectivity index (χ1) is 15.6. The van der Waals surface area contributed by atoms with Gasteiger partial charge in [0.25, 0.3) is 0 Å². The summed E-state index contributed by atoms with van der Waals surface area (Å²) in [6.45, 7) is 1.97. The number of fused-ring (bicyclic) bond motifs is 2. The fraction of sp³-hybridized carbons (Fsp3) is 0.0800. The van der Waals surface area contributed by atoms with Crippen LogP contribution < -0.4 is 0 Å². The van der Waals surface area contributed by atoms with Crippen LogP contribution in [0.5, 0.6) is 0 Å². The molecular weight excluding hydrogens is 403 g/mol. The molecular formula is C25H19FN6. The monoisotopic (exact) mass is 422 g/mol. The lowest BCUT2D eigenvalue weighted by molar-refractivity contribution is 0.628. The Labute approximate surface area is 182 Å². The first-order valence-electron chi connectivity index (χ1n) is 10.3. The minimum atomic E-state index is -0.246. The quantitative estimate of drug-likeness (QED) is 0.389. The van der Waals surface area contributed by atoms with E-state index in [0.717, 1.165) is 61.7 Å². The summed E-state index contributed by atoms with van der Waals surface area (Å²) in [6.07, 6.45) is 1.83. The highest BCUT2D eigenvalue weighted by atomic mass is 19.1. The summed E-state index contributed by atoms with van der Waals surface area (Å²) in [7, 11) is 1.98. The van der Waals surface area contributed by atoms with E-state index < -0.39 is 0 Å². The predicted molar refractivity (Wildman–Crippen MR) is 124 cm³/mol. The molecule has 0 radical (unpaired) electrons. The van der Waals surface area contributed by atoms with Gasteiger partial charge in [-0.25, -0.2) is 14.4 Å². The van der Waals surface area contributed by atoms with Crippen LogP contribution in [0.2, 0.25) is 0 Å². The van der Waals surface area contributed by atoms with Crippen LogP contribution in [0, 0.1) is 12.7 Å². The van der Waals surface area contributed by atoms with E-state index >= 15 is 0 Å². The van der Waals surface area contributed by atoms with Gasteiger partial charge >= 0.3 is 0 Å². The highest BCUT2D eigenvalue weighted by molar-refractivity contribution is 6.00. The Hall–Kier alpha value is -4.26. The first-order valence-corrected chi connectivity index (χ1v) is 10.3. The van der Waals surface area contributed by atoms with E-state index in [-0.39, 0.29) is 5.82 Å². The van der Waals surface area contributed by atoms with E-state index in [0.29, 0.717) is 0 Å². The van der Waals surface area contributed by atoms with Crippen molar-refractivity contribution < 1.29 is 4.39 Å². The van der Waals surface area contributed by atoms with Crippen molar-refractivity contribution in [2.75, 3.05) is 0 Å². The number of aromatic amines is 2. The fourth-order valence-electron chi connectivity index (χ4n) is 4.13. The highest BCUT2D eigenvalue weighted by Gasteiger charge is 2.16. The number of H-pyrrole nitrogens is 2.